The Morgan fingerprint density at radius 3 is 2.15 bits per heavy atom. The Kier molecular flexibility index (Phi) is 9.90. The average molecular weight is 324 g/mol. The van der Waals surface area contributed by atoms with Crippen LogP contribution in [-0.2, 0) is 28.0 Å². The second-order valence-electron chi connectivity index (χ2n) is 6.49. The van der Waals surface area contributed by atoms with Crippen LogP contribution in [0.2, 0.25) is 0 Å². The first-order valence-electron chi connectivity index (χ1n) is 7.21. The number of hydrogen-bond donors (Lipinski definition) is 0. The van der Waals surface area contributed by atoms with E-state index in [9.17, 15) is 4.79 Å². The largest absolute Gasteiger partial charge is 0.444 e. The molecule has 0 bridgehead atoms. The van der Waals surface area contributed by atoms with E-state index in [0.717, 1.165) is 6.42 Å². The molecule has 1 fully saturated rings. The van der Waals surface area contributed by atoms with E-state index in [1.807, 2.05) is 41.5 Å². The summed E-state index contributed by atoms with van der Waals surface area (Å²) in [5, 5.41) is 0. The number of carbonyl (C=O) groups excluding carboxylic acids is 1. The Morgan fingerprint density at radius 2 is 1.80 bits per heavy atom. The van der Waals surface area contributed by atoms with Gasteiger partial charge in [0.1, 0.15) is 11.3 Å². The smallest absolute Gasteiger partial charge is 0.412 e. The predicted octanol–water partition coefficient (Wildman–Crippen LogP) is 4.18. The molecule has 1 rings (SSSR count). The van der Waals surface area contributed by atoms with Crippen molar-refractivity contribution in [1.29, 1.82) is 0 Å². The van der Waals surface area contributed by atoms with E-state index >= 15 is 0 Å². The van der Waals surface area contributed by atoms with Gasteiger partial charge < -0.3 is 9.47 Å². The number of hydrogen-bond acceptors (Lipinski definition) is 3. The molecule has 0 unspecified atom stereocenters. The SMILES string of the molecule is CCC.C[C@H]1CCOC(C)(C)N1C(=O)OC(C)(C)C.[V]. The van der Waals surface area contributed by atoms with Gasteiger partial charge in [-0.3, -0.25) is 4.90 Å². The van der Waals surface area contributed by atoms with Crippen LogP contribution in [-0.4, -0.2) is 35.0 Å². The summed E-state index contributed by atoms with van der Waals surface area (Å²) in [4.78, 5) is 13.7. The van der Waals surface area contributed by atoms with Gasteiger partial charge in [-0.2, -0.15) is 0 Å². The molecular formula is C15H31NO3V. The van der Waals surface area contributed by atoms with Crippen LogP contribution in [0.3, 0.4) is 0 Å². The molecule has 0 saturated carbocycles. The van der Waals surface area contributed by atoms with Crippen molar-refractivity contribution in [3.05, 3.63) is 0 Å². The van der Waals surface area contributed by atoms with Gasteiger partial charge in [0.15, 0.2) is 0 Å². The molecule has 1 atom stereocenters. The molecule has 20 heavy (non-hydrogen) atoms. The van der Waals surface area contributed by atoms with Crippen molar-refractivity contribution < 1.29 is 32.8 Å². The second kappa shape index (κ2) is 8.96. The van der Waals surface area contributed by atoms with Gasteiger partial charge in [-0.05, 0) is 48.0 Å². The Bertz CT molecular complexity index is 287. The van der Waals surface area contributed by atoms with E-state index in [2.05, 4.69) is 13.8 Å². The Morgan fingerprint density at radius 1 is 1.35 bits per heavy atom. The first kappa shape index (κ1) is 22.1. The van der Waals surface area contributed by atoms with E-state index in [-0.39, 0.29) is 30.7 Å². The zero-order chi connectivity index (χ0) is 15.3. The van der Waals surface area contributed by atoms with Gasteiger partial charge in [0.25, 0.3) is 0 Å². The number of carbonyl (C=O) groups is 1. The molecule has 1 saturated heterocycles. The molecule has 0 aromatic rings. The topological polar surface area (TPSA) is 38.8 Å². The fourth-order valence-corrected chi connectivity index (χ4v) is 1.92. The molecule has 0 aromatic heterocycles. The number of rotatable bonds is 0. The minimum atomic E-state index is -0.583. The molecule has 1 radical (unpaired) electrons. The zero-order valence-corrected chi connectivity index (χ0v) is 15.7. The standard InChI is InChI=1S/C12H23NO3.C3H8.V/c1-9-7-8-15-12(5,6)13(9)10(14)16-11(2,3)4;1-3-2;/h9H,7-8H2,1-6H3;3H2,1-2H3;/t9-;;/m0../s1. The summed E-state index contributed by atoms with van der Waals surface area (Å²) in [7, 11) is 0. The summed E-state index contributed by atoms with van der Waals surface area (Å²) in [5.74, 6) is 0. The van der Waals surface area contributed by atoms with Crippen molar-refractivity contribution in [2.24, 2.45) is 0 Å². The van der Waals surface area contributed by atoms with Crippen molar-refractivity contribution in [3.63, 3.8) is 0 Å². The molecule has 0 N–H and O–H groups in total. The van der Waals surface area contributed by atoms with Crippen LogP contribution in [0.5, 0.6) is 0 Å². The molecule has 0 aliphatic carbocycles. The van der Waals surface area contributed by atoms with Crippen molar-refractivity contribution in [3.8, 4) is 0 Å². The maximum absolute atomic E-state index is 12.1. The maximum atomic E-state index is 12.1. The quantitative estimate of drug-likeness (QED) is 0.671. The van der Waals surface area contributed by atoms with Gasteiger partial charge in [0.05, 0.1) is 6.61 Å². The third kappa shape index (κ3) is 7.56. The van der Waals surface area contributed by atoms with Crippen LogP contribution in [0.1, 0.15) is 68.2 Å². The molecule has 1 aliphatic rings. The maximum Gasteiger partial charge on any atom is 0.412 e. The van der Waals surface area contributed by atoms with Gasteiger partial charge in [0, 0.05) is 24.6 Å². The molecule has 1 amide bonds. The van der Waals surface area contributed by atoms with Gasteiger partial charge >= 0.3 is 6.09 Å². The summed E-state index contributed by atoms with van der Waals surface area (Å²) in [6.07, 6.45) is 1.80. The second-order valence-corrected chi connectivity index (χ2v) is 6.49. The van der Waals surface area contributed by atoms with Gasteiger partial charge in [-0.25, -0.2) is 4.79 Å². The Labute approximate surface area is 136 Å². The Balaban J connectivity index is 0. The molecule has 4 nitrogen and oxygen atoms in total. The van der Waals surface area contributed by atoms with Crippen LogP contribution < -0.4 is 0 Å². The van der Waals surface area contributed by atoms with Crippen molar-refractivity contribution in [1.82, 2.24) is 4.90 Å². The van der Waals surface area contributed by atoms with Gasteiger partial charge in [0.2, 0.25) is 0 Å². The molecule has 1 heterocycles. The molecule has 5 heteroatoms. The zero-order valence-electron chi connectivity index (χ0n) is 14.3. The molecule has 0 aromatic carbocycles. The van der Waals surface area contributed by atoms with Gasteiger partial charge in [-0.1, -0.05) is 20.3 Å². The summed E-state index contributed by atoms with van der Waals surface area (Å²) in [5.41, 5.74) is -1.05. The predicted molar refractivity (Wildman–Crippen MR) is 78.1 cm³/mol. The molecule has 0 spiro atoms. The summed E-state index contributed by atoms with van der Waals surface area (Å²) in [6.45, 7) is 16.4. The fourth-order valence-electron chi connectivity index (χ4n) is 1.92. The van der Waals surface area contributed by atoms with E-state index in [1.54, 1.807) is 4.90 Å². The summed E-state index contributed by atoms with van der Waals surface area (Å²) < 4.78 is 11.0. The first-order chi connectivity index (χ1) is 8.55. The van der Waals surface area contributed by atoms with Crippen molar-refractivity contribution >= 4 is 6.09 Å². The first-order valence-corrected chi connectivity index (χ1v) is 7.21. The summed E-state index contributed by atoms with van der Waals surface area (Å²) >= 11 is 0. The van der Waals surface area contributed by atoms with E-state index in [0.29, 0.717) is 6.61 Å². The third-order valence-corrected chi connectivity index (χ3v) is 2.60. The fraction of sp³-hybridized carbons (Fsp3) is 0.933. The third-order valence-electron chi connectivity index (χ3n) is 2.60. The minimum absolute atomic E-state index is 0. The monoisotopic (exact) mass is 324 g/mol. The summed E-state index contributed by atoms with van der Waals surface area (Å²) in [6, 6.07) is 0.151. The molecule has 119 valence electrons. The van der Waals surface area contributed by atoms with Gasteiger partial charge in [-0.15, -0.1) is 0 Å². The van der Waals surface area contributed by atoms with Crippen LogP contribution in [0.25, 0.3) is 0 Å². The van der Waals surface area contributed by atoms with Crippen LogP contribution in [0, 0.1) is 0 Å². The number of amides is 1. The average Bonchev–Trinajstić information content (AvgIpc) is 2.13. The minimum Gasteiger partial charge on any atom is -0.444 e. The normalized spacial score (nSPS) is 21.2. The van der Waals surface area contributed by atoms with Crippen LogP contribution in [0.4, 0.5) is 4.79 Å². The molecular weight excluding hydrogens is 293 g/mol. The number of ether oxygens (including phenoxy) is 2. The molecule has 1 aliphatic heterocycles. The van der Waals surface area contributed by atoms with E-state index < -0.39 is 11.3 Å². The Hall–Kier alpha value is -0.186. The van der Waals surface area contributed by atoms with Crippen LogP contribution >= 0.6 is 0 Å². The van der Waals surface area contributed by atoms with Crippen molar-refractivity contribution in [2.75, 3.05) is 6.61 Å². The number of nitrogens with zero attached hydrogens (tertiary/aromatic N) is 1. The van der Waals surface area contributed by atoms with E-state index in [1.165, 1.54) is 6.42 Å². The van der Waals surface area contributed by atoms with Crippen molar-refractivity contribution in [2.45, 2.75) is 85.6 Å². The van der Waals surface area contributed by atoms with E-state index in [4.69, 9.17) is 9.47 Å². The van der Waals surface area contributed by atoms with Crippen LogP contribution in [0.15, 0.2) is 0 Å².